The number of anilines is 1. The highest BCUT2D eigenvalue weighted by Crippen LogP contribution is 2.33. The van der Waals surface area contributed by atoms with Gasteiger partial charge in [-0.25, -0.2) is 4.79 Å². The van der Waals surface area contributed by atoms with Gasteiger partial charge in [0.1, 0.15) is 5.75 Å². The molecule has 0 saturated heterocycles. The van der Waals surface area contributed by atoms with Gasteiger partial charge in [-0.05, 0) is 51.9 Å². The Morgan fingerprint density at radius 1 is 0.889 bits per heavy atom. The second-order valence-electron chi connectivity index (χ2n) is 9.40. The molecule has 0 aliphatic heterocycles. The van der Waals surface area contributed by atoms with Gasteiger partial charge in [-0.15, -0.1) is 0 Å². The lowest BCUT2D eigenvalue weighted by molar-refractivity contribution is -0.117. The van der Waals surface area contributed by atoms with Crippen molar-refractivity contribution in [1.82, 2.24) is 0 Å². The van der Waals surface area contributed by atoms with Gasteiger partial charge in [-0.3, -0.25) is 4.79 Å². The first-order valence-corrected chi connectivity index (χ1v) is 12.1. The van der Waals surface area contributed by atoms with Crippen molar-refractivity contribution in [2.75, 3.05) is 12.4 Å². The molecule has 0 aliphatic carbocycles. The van der Waals surface area contributed by atoms with Crippen molar-refractivity contribution in [3.8, 4) is 5.75 Å². The number of carboxylic acid groups (broad SMARTS) is 1. The van der Waals surface area contributed by atoms with Gasteiger partial charge in [0, 0.05) is 18.2 Å². The maximum atomic E-state index is 13.8. The highest BCUT2D eigenvalue weighted by Gasteiger charge is 2.25. The summed E-state index contributed by atoms with van der Waals surface area (Å²) in [4.78, 5) is 25.6. The smallest absolute Gasteiger partial charge is 0.335 e. The first kappa shape index (κ1) is 25.0. The van der Waals surface area contributed by atoms with Crippen LogP contribution in [0.5, 0.6) is 5.75 Å². The average Bonchev–Trinajstić information content (AvgIpc) is 2.88. The molecule has 0 saturated carbocycles. The van der Waals surface area contributed by atoms with E-state index in [4.69, 9.17) is 4.74 Å². The zero-order valence-corrected chi connectivity index (χ0v) is 20.8. The number of amides is 1. The van der Waals surface area contributed by atoms with Crippen molar-refractivity contribution in [2.24, 2.45) is 5.92 Å². The third-order valence-electron chi connectivity index (χ3n) is 6.43. The van der Waals surface area contributed by atoms with Crippen LogP contribution in [0, 0.1) is 5.92 Å². The summed E-state index contributed by atoms with van der Waals surface area (Å²) in [5.74, 6) is -0.488. The molecule has 5 heteroatoms. The van der Waals surface area contributed by atoms with Gasteiger partial charge in [-0.2, -0.15) is 0 Å². The second-order valence-corrected chi connectivity index (χ2v) is 9.40. The van der Waals surface area contributed by atoms with E-state index in [-0.39, 0.29) is 17.4 Å². The van der Waals surface area contributed by atoms with Crippen molar-refractivity contribution < 1.29 is 19.4 Å². The number of fused-ring (bicyclic) bond motifs is 1. The number of carbonyl (C=O) groups is 2. The number of hydrogen-bond donors (Lipinski definition) is 2. The molecule has 0 heterocycles. The van der Waals surface area contributed by atoms with E-state index < -0.39 is 5.97 Å². The Kier molecular flexibility index (Phi) is 7.69. The van der Waals surface area contributed by atoms with E-state index in [2.05, 4.69) is 37.4 Å². The summed E-state index contributed by atoms with van der Waals surface area (Å²) in [7, 11) is 1.58. The minimum atomic E-state index is -0.974. The van der Waals surface area contributed by atoms with E-state index in [1.54, 1.807) is 31.4 Å². The monoisotopic (exact) mass is 481 g/mol. The summed E-state index contributed by atoms with van der Waals surface area (Å²) < 4.78 is 5.43. The van der Waals surface area contributed by atoms with Crippen molar-refractivity contribution in [3.63, 3.8) is 0 Å². The van der Waals surface area contributed by atoms with E-state index in [1.165, 1.54) is 0 Å². The van der Waals surface area contributed by atoms with Crippen LogP contribution in [0.15, 0.2) is 84.9 Å². The zero-order valence-electron chi connectivity index (χ0n) is 20.8. The Bertz CT molecular complexity index is 1390. The lowest BCUT2D eigenvalue weighted by Gasteiger charge is -2.22. The molecule has 1 amide bonds. The highest BCUT2D eigenvalue weighted by molar-refractivity contribution is 6.00. The molecule has 184 valence electrons. The third kappa shape index (κ3) is 5.57. The zero-order chi connectivity index (χ0) is 25.7. The first-order valence-electron chi connectivity index (χ1n) is 12.1. The van der Waals surface area contributed by atoms with Crippen molar-refractivity contribution >= 4 is 28.3 Å². The highest BCUT2D eigenvalue weighted by atomic mass is 16.5. The number of ether oxygens (including phenoxy) is 1. The van der Waals surface area contributed by atoms with Gasteiger partial charge < -0.3 is 15.2 Å². The largest absolute Gasteiger partial charge is 0.497 e. The fraction of sp³-hybridized carbons (Fsp3) is 0.226. The molecule has 0 aromatic heterocycles. The third-order valence-corrected chi connectivity index (χ3v) is 6.43. The molecule has 0 bridgehead atoms. The van der Waals surface area contributed by atoms with Crippen LogP contribution in [-0.4, -0.2) is 24.1 Å². The molecule has 2 N–H and O–H groups in total. The minimum Gasteiger partial charge on any atom is -0.497 e. The molecule has 1 unspecified atom stereocenters. The van der Waals surface area contributed by atoms with Crippen LogP contribution in [-0.2, 0) is 11.2 Å². The summed E-state index contributed by atoms with van der Waals surface area (Å²) >= 11 is 0. The second kappa shape index (κ2) is 11.1. The fourth-order valence-corrected chi connectivity index (χ4v) is 4.66. The average molecular weight is 482 g/mol. The van der Waals surface area contributed by atoms with E-state index in [0.717, 1.165) is 21.9 Å². The van der Waals surface area contributed by atoms with Gasteiger partial charge in [0.15, 0.2) is 0 Å². The number of benzene rings is 4. The molecule has 4 rings (SSSR count). The Hall–Kier alpha value is -4.12. The van der Waals surface area contributed by atoms with Gasteiger partial charge in [0.25, 0.3) is 0 Å². The van der Waals surface area contributed by atoms with E-state index in [0.29, 0.717) is 35.8 Å². The molecule has 36 heavy (non-hydrogen) atoms. The van der Waals surface area contributed by atoms with Crippen LogP contribution in [0.2, 0.25) is 0 Å². The van der Waals surface area contributed by atoms with Crippen molar-refractivity contribution in [3.05, 3.63) is 107 Å². The number of carboxylic acids is 1. The van der Waals surface area contributed by atoms with E-state index in [1.807, 2.05) is 42.5 Å². The number of rotatable bonds is 9. The topological polar surface area (TPSA) is 75.6 Å². The maximum absolute atomic E-state index is 13.8. The van der Waals surface area contributed by atoms with Crippen LogP contribution in [0.4, 0.5) is 5.69 Å². The first-order chi connectivity index (χ1) is 17.4. The number of methoxy groups -OCH3 is 1. The van der Waals surface area contributed by atoms with Crippen molar-refractivity contribution in [2.45, 2.75) is 32.6 Å². The molecule has 0 spiro atoms. The summed E-state index contributed by atoms with van der Waals surface area (Å²) in [6.07, 6.45) is 1.06. The van der Waals surface area contributed by atoms with Crippen LogP contribution in [0.25, 0.3) is 10.8 Å². The van der Waals surface area contributed by atoms with Crippen LogP contribution in [0.3, 0.4) is 0 Å². The molecular formula is C31H31NO4. The predicted octanol–water partition coefficient (Wildman–Crippen LogP) is 6.91. The Morgan fingerprint density at radius 3 is 2.36 bits per heavy atom. The molecule has 1 atom stereocenters. The summed E-state index contributed by atoms with van der Waals surface area (Å²) in [6.45, 7) is 4.23. The minimum absolute atomic E-state index is 0.0962. The summed E-state index contributed by atoms with van der Waals surface area (Å²) in [5.41, 5.74) is 3.37. The van der Waals surface area contributed by atoms with Crippen LogP contribution < -0.4 is 10.1 Å². The molecule has 4 aromatic carbocycles. The normalized spacial score (nSPS) is 11.9. The molecule has 0 aliphatic rings. The molecule has 0 fully saturated rings. The van der Waals surface area contributed by atoms with Crippen molar-refractivity contribution in [1.29, 1.82) is 0 Å². The summed E-state index contributed by atoms with van der Waals surface area (Å²) in [5, 5.41) is 14.9. The SMILES string of the molecule is COc1ccc(Cc2ccccc2C(=O)O)c(NC(=O)C(CC(C)C)c2cccc3ccccc23)c1. The number of aromatic carboxylic acids is 1. The Morgan fingerprint density at radius 2 is 1.61 bits per heavy atom. The fourth-order valence-electron chi connectivity index (χ4n) is 4.66. The van der Waals surface area contributed by atoms with Crippen LogP contribution >= 0.6 is 0 Å². The number of hydrogen-bond acceptors (Lipinski definition) is 3. The van der Waals surface area contributed by atoms with Gasteiger partial charge in [0.2, 0.25) is 5.91 Å². The van der Waals surface area contributed by atoms with Gasteiger partial charge in [0.05, 0.1) is 18.6 Å². The Labute approximate surface area is 211 Å². The molecule has 5 nitrogen and oxygen atoms in total. The quantitative estimate of drug-likeness (QED) is 0.272. The lowest BCUT2D eigenvalue weighted by Crippen LogP contribution is -2.23. The molecule has 0 radical (unpaired) electrons. The number of nitrogens with one attached hydrogen (secondary N) is 1. The van der Waals surface area contributed by atoms with E-state index in [9.17, 15) is 14.7 Å². The van der Waals surface area contributed by atoms with Gasteiger partial charge >= 0.3 is 5.97 Å². The molecule has 4 aromatic rings. The molecular weight excluding hydrogens is 450 g/mol. The maximum Gasteiger partial charge on any atom is 0.335 e. The van der Waals surface area contributed by atoms with Gasteiger partial charge in [-0.1, -0.05) is 80.6 Å². The summed E-state index contributed by atoms with van der Waals surface area (Å²) in [6, 6.07) is 26.6. The Balaban J connectivity index is 1.72. The predicted molar refractivity (Wildman–Crippen MR) is 144 cm³/mol. The number of carbonyl (C=O) groups excluding carboxylic acids is 1. The lowest BCUT2D eigenvalue weighted by atomic mass is 9.86. The van der Waals surface area contributed by atoms with Crippen LogP contribution in [0.1, 0.15) is 53.2 Å². The standard InChI is InChI=1S/C31H31NO4/c1-20(2)17-28(27-14-8-11-21-9-4-6-12-25(21)27)30(33)32-29-19-24(36-3)16-15-23(29)18-22-10-5-7-13-26(22)31(34)35/h4-16,19-20,28H,17-18H2,1-3H3,(H,32,33)(H,34,35). The van der Waals surface area contributed by atoms with E-state index >= 15 is 0 Å².